The number of hydrogen-bond acceptors (Lipinski definition) is 3. The number of carbonyl (C=O) groups excluding carboxylic acids is 2. The lowest BCUT2D eigenvalue weighted by molar-refractivity contribution is -0.155. The predicted octanol–water partition coefficient (Wildman–Crippen LogP) is 1.57. The molecule has 0 bridgehead atoms. The van der Waals surface area contributed by atoms with Gasteiger partial charge in [-0.1, -0.05) is 29.8 Å². The summed E-state index contributed by atoms with van der Waals surface area (Å²) in [5.41, 5.74) is 1.85. The normalized spacial score (nSPS) is 18.3. The monoisotopic (exact) mass is 289 g/mol. The Hall–Kier alpha value is -2.17. The topological polar surface area (TPSA) is 74.7 Å². The number of piperidine rings is 1. The lowest BCUT2D eigenvalue weighted by atomic mass is 10.0. The Kier molecular flexibility index (Phi) is 4.73. The van der Waals surface area contributed by atoms with Crippen molar-refractivity contribution >= 4 is 17.7 Å². The molecule has 1 heterocycles. The highest BCUT2D eigenvalue weighted by Crippen LogP contribution is 2.18. The quantitative estimate of drug-likeness (QED) is 0.854. The standard InChI is InChI=1S/C16H19NO4/c1-11-5-7-12(8-6-11)10-14(18)15(19)17-9-3-2-4-13(17)16(20)21/h5-8,13H,2-4,9-10H2,1H3,(H,20,21)/t13-/m0/s1. The highest BCUT2D eigenvalue weighted by molar-refractivity contribution is 6.36. The Morgan fingerprint density at radius 1 is 1.19 bits per heavy atom. The molecule has 1 aromatic rings. The molecule has 0 aromatic heterocycles. The number of hydrogen-bond donors (Lipinski definition) is 1. The molecular formula is C16H19NO4. The van der Waals surface area contributed by atoms with Crippen molar-refractivity contribution in [2.45, 2.75) is 38.6 Å². The summed E-state index contributed by atoms with van der Waals surface area (Å²) in [6.07, 6.45) is 1.95. The molecule has 1 aliphatic heterocycles. The Morgan fingerprint density at radius 3 is 2.48 bits per heavy atom. The van der Waals surface area contributed by atoms with Gasteiger partial charge in [0.15, 0.2) is 0 Å². The average Bonchev–Trinajstić information content (AvgIpc) is 2.48. The Morgan fingerprint density at radius 2 is 1.86 bits per heavy atom. The second-order valence-corrected chi connectivity index (χ2v) is 5.43. The van der Waals surface area contributed by atoms with Crippen LogP contribution in [0.4, 0.5) is 0 Å². The lowest BCUT2D eigenvalue weighted by Crippen LogP contribution is -2.50. The second-order valence-electron chi connectivity index (χ2n) is 5.43. The van der Waals surface area contributed by atoms with E-state index in [1.165, 1.54) is 4.90 Å². The number of aryl methyl sites for hydroxylation is 1. The maximum absolute atomic E-state index is 12.2. The number of amides is 1. The average molecular weight is 289 g/mol. The van der Waals surface area contributed by atoms with Gasteiger partial charge >= 0.3 is 5.97 Å². The van der Waals surface area contributed by atoms with Crippen LogP contribution in [0.5, 0.6) is 0 Å². The highest BCUT2D eigenvalue weighted by Gasteiger charge is 2.34. The van der Waals surface area contributed by atoms with Crippen molar-refractivity contribution in [2.75, 3.05) is 6.54 Å². The third kappa shape index (κ3) is 3.68. The highest BCUT2D eigenvalue weighted by atomic mass is 16.4. The minimum Gasteiger partial charge on any atom is -0.480 e. The van der Waals surface area contributed by atoms with E-state index in [2.05, 4.69) is 0 Å². The SMILES string of the molecule is Cc1ccc(CC(=O)C(=O)N2CCCC[C@H]2C(=O)O)cc1. The molecule has 21 heavy (non-hydrogen) atoms. The molecule has 1 N–H and O–H groups in total. The number of carboxylic acids is 1. The molecule has 1 aliphatic rings. The molecule has 5 heteroatoms. The van der Waals surface area contributed by atoms with Crippen molar-refractivity contribution in [1.29, 1.82) is 0 Å². The van der Waals surface area contributed by atoms with E-state index < -0.39 is 23.7 Å². The van der Waals surface area contributed by atoms with E-state index >= 15 is 0 Å². The van der Waals surface area contributed by atoms with Crippen LogP contribution in [0.15, 0.2) is 24.3 Å². The van der Waals surface area contributed by atoms with Gasteiger partial charge < -0.3 is 10.0 Å². The number of rotatable bonds is 4. The molecule has 0 aliphatic carbocycles. The molecule has 1 amide bonds. The minimum absolute atomic E-state index is 0.0158. The van der Waals surface area contributed by atoms with Crippen LogP contribution < -0.4 is 0 Å². The van der Waals surface area contributed by atoms with Gasteiger partial charge in [-0.3, -0.25) is 9.59 Å². The molecular weight excluding hydrogens is 270 g/mol. The minimum atomic E-state index is -1.04. The molecule has 0 radical (unpaired) electrons. The maximum atomic E-state index is 12.2. The van der Waals surface area contributed by atoms with E-state index in [-0.39, 0.29) is 6.42 Å². The van der Waals surface area contributed by atoms with Crippen LogP contribution >= 0.6 is 0 Å². The summed E-state index contributed by atoms with van der Waals surface area (Å²) in [5.74, 6) is -2.26. The van der Waals surface area contributed by atoms with E-state index in [4.69, 9.17) is 5.11 Å². The van der Waals surface area contributed by atoms with Crippen molar-refractivity contribution in [3.8, 4) is 0 Å². The van der Waals surface area contributed by atoms with Crippen molar-refractivity contribution in [2.24, 2.45) is 0 Å². The van der Waals surface area contributed by atoms with Gasteiger partial charge in [-0.15, -0.1) is 0 Å². The van der Waals surface area contributed by atoms with E-state index in [0.29, 0.717) is 13.0 Å². The molecule has 112 valence electrons. The number of carboxylic acid groups (broad SMARTS) is 1. The molecule has 0 spiro atoms. The fraction of sp³-hybridized carbons (Fsp3) is 0.438. The van der Waals surface area contributed by atoms with E-state index in [9.17, 15) is 14.4 Å². The van der Waals surface area contributed by atoms with Crippen molar-refractivity contribution in [1.82, 2.24) is 4.90 Å². The smallest absolute Gasteiger partial charge is 0.326 e. The molecule has 1 atom stereocenters. The molecule has 1 saturated heterocycles. The number of benzene rings is 1. The zero-order valence-electron chi connectivity index (χ0n) is 12.0. The van der Waals surface area contributed by atoms with Crippen molar-refractivity contribution in [3.05, 3.63) is 35.4 Å². The Labute approximate surface area is 123 Å². The molecule has 1 fully saturated rings. The lowest BCUT2D eigenvalue weighted by Gasteiger charge is -2.32. The summed E-state index contributed by atoms with van der Waals surface area (Å²) < 4.78 is 0. The van der Waals surface area contributed by atoms with Crippen LogP contribution in [0.1, 0.15) is 30.4 Å². The fourth-order valence-corrected chi connectivity index (χ4v) is 2.56. The zero-order chi connectivity index (χ0) is 15.4. The van der Waals surface area contributed by atoms with Crippen LogP contribution in [-0.4, -0.2) is 40.3 Å². The van der Waals surface area contributed by atoms with Crippen LogP contribution in [0, 0.1) is 6.92 Å². The number of aliphatic carboxylic acids is 1. The van der Waals surface area contributed by atoms with Gasteiger partial charge in [-0.2, -0.15) is 0 Å². The first kappa shape index (κ1) is 15.2. The van der Waals surface area contributed by atoms with Gasteiger partial charge in [-0.25, -0.2) is 4.79 Å². The predicted molar refractivity (Wildman–Crippen MR) is 76.9 cm³/mol. The summed E-state index contributed by atoms with van der Waals surface area (Å²) in [6.45, 7) is 2.29. The van der Waals surface area contributed by atoms with E-state index in [0.717, 1.165) is 24.0 Å². The number of likely N-dealkylation sites (tertiary alicyclic amines) is 1. The third-order valence-corrected chi connectivity index (χ3v) is 3.77. The Balaban J connectivity index is 2.05. The second kappa shape index (κ2) is 6.52. The van der Waals surface area contributed by atoms with Gasteiger partial charge in [0.2, 0.25) is 5.78 Å². The zero-order valence-corrected chi connectivity index (χ0v) is 12.0. The first-order chi connectivity index (χ1) is 9.99. The first-order valence-corrected chi connectivity index (χ1v) is 7.11. The summed E-state index contributed by atoms with van der Waals surface area (Å²) in [6, 6.07) is 6.52. The number of Topliss-reactive ketones (excluding diaryl/α,β-unsaturated/α-hetero) is 1. The third-order valence-electron chi connectivity index (χ3n) is 3.77. The van der Waals surface area contributed by atoms with E-state index in [1.807, 2.05) is 31.2 Å². The number of nitrogens with zero attached hydrogens (tertiary/aromatic N) is 1. The first-order valence-electron chi connectivity index (χ1n) is 7.11. The van der Waals surface area contributed by atoms with Crippen LogP contribution in [-0.2, 0) is 20.8 Å². The largest absolute Gasteiger partial charge is 0.480 e. The summed E-state index contributed by atoms with van der Waals surface area (Å²) in [7, 11) is 0. The summed E-state index contributed by atoms with van der Waals surface area (Å²) in [4.78, 5) is 36.7. The molecule has 0 saturated carbocycles. The van der Waals surface area contributed by atoms with Crippen LogP contribution in [0.2, 0.25) is 0 Å². The summed E-state index contributed by atoms with van der Waals surface area (Å²) in [5, 5.41) is 9.15. The van der Waals surface area contributed by atoms with Gasteiger partial charge in [0, 0.05) is 13.0 Å². The van der Waals surface area contributed by atoms with Crippen LogP contribution in [0.25, 0.3) is 0 Å². The van der Waals surface area contributed by atoms with Gasteiger partial charge in [0.1, 0.15) is 6.04 Å². The van der Waals surface area contributed by atoms with E-state index in [1.54, 1.807) is 0 Å². The van der Waals surface area contributed by atoms with Crippen molar-refractivity contribution in [3.63, 3.8) is 0 Å². The maximum Gasteiger partial charge on any atom is 0.326 e. The van der Waals surface area contributed by atoms with Gasteiger partial charge in [-0.05, 0) is 31.7 Å². The van der Waals surface area contributed by atoms with Gasteiger partial charge in [0.25, 0.3) is 5.91 Å². The molecule has 5 nitrogen and oxygen atoms in total. The summed E-state index contributed by atoms with van der Waals surface area (Å²) >= 11 is 0. The molecule has 2 rings (SSSR count). The Bertz CT molecular complexity index is 550. The molecule has 1 aromatic carbocycles. The number of carbonyl (C=O) groups is 3. The molecule has 0 unspecified atom stereocenters. The fourth-order valence-electron chi connectivity index (χ4n) is 2.56. The van der Waals surface area contributed by atoms with Gasteiger partial charge in [0.05, 0.1) is 0 Å². The van der Waals surface area contributed by atoms with Crippen LogP contribution in [0.3, 0.4) is 0 Å². The number of ketones is 1. The van der Waals surface area contributed by atoms with Crippen molar-refractivity contribution < 1.29 is 19.5 Å².